The molecule has 0 N–H and O–H groups in total. The Hall–Kier alpha value is 0.790. The van der Waals surface area contributed by atoms with Gasteiger partial charge in [-0.3, -0.25) is 0 Å². The van der Waals surface area contributed by atoms with Gasteiger partial charge in [0.25, 0.3) is 0 Å². The Kier molecular flexibility index (Phi) is 1.73. The zero-order valence-corrected chi connectivity index (χ0v) is 5.61. The second-order valence-corrected chi connectivity index (χ2v) is 8.81. The number of halogens is 1. The van der Waals surface area contributed by atoms with Gasteiger partial charge in [0.05, 0.1) is 0 Å². The first-order valence-corrected chi connectivity index (χ1v) is 6.17. The Bertz CT molecular complexity index is 23.1. The molecule has 0 saturated carbocycles. The van der Waals surface area contributed by atoms with Crippen LogP contribution < -0.4 is 0 Å². The summed E-state index contributed by atoms with van der Waals surface area (Å²) in [4.78, 5) is 0. The van der Waals surface area contributed by atoms with Crippen LogP contribution in [0.5, 0.6) is 0 Å². The Morgan fingerprint density at radius 1 is 1.60 bits per heavy atom. The van der Waals surface area contributed by atoms with Crippen LogP contribution >= 0.6 is 16.2 Å². The van der Waals surface area contributed by atoms with Gasteiger partial charge in [0.15, 0.2) is 0 Å². The van der Waals surface area contributed by atoms with Gasteiger partial charge in [0, 0.05) is 0 Å². The summed E-state index contributed by atoms with van der Waals surface area (Å²) < 4.78 is 11.8. The van der Waals surface area contributed by atoms with Crippen LogP contribution in [0.25, 0.3) is 0 Å². The summed E-state index contributed by atoms with van der Waals surface area (Å²) in [5.74, 6) is 0. The van der Waals surface area contributed by atoms with Crippen LogP contribution in [0.15, 0.2) is 0 Å². The van der Waals surface area contributed by atoms with Crippen LogP contribution in [0.4, 0.5) is 4.20 Å². The monoisotopic (exact) mass is 114 g/mol. The van der Waals surface area contributed by atoms with Gasteiger partial charge >= 0.3 is 33.7 Å². The molecular formula is C2H9FP2. The van der Waals surface area contributed by atoms with Gasteiger partial charge in [0.2, 0.25) is 0 Å². The SMILES string of the molecule is C[PH](C)(F)P. The second-order valence-electron chi connectivity index (χ2n) is 1.56. The molecule has 0 aromatic rings. The van der Waals surface area contributed by atoms with Crippen molar-refractivity contribution in [2.24, 2.45) is 0 Å². The van der Waals surface area contributed by atoms with Crippen LogP contribution in [0.1, 0.15) is 0 Å². The predicted octanol–water partition coefficient (Wildman–Crippen LogP) is 1.67. The summed E-state index contributed by atoms with van der Waals surface area (Å²) in [6, 6.07) is 0. The first-order valence-electron chi connectivity index (χ1n) is 1.48. The molecule has 0 aliphatic carbocycles. The van der Waals surface area contributed by atoms with Crippen LogP contribution in [0, 0.1) is 0 Å². The standard InChI is InChI=1S/C2H9FP2/c1-5(2,3)4/h5H,4H2,1-2H3. The quantitative estimate of drug-likeness (QED) is 0.420. The van der Waals surface area contributed by atoms with Crippen molar-refractivity contribution in [1.29, 1.82) is 0 Å². The van der Waals surface area contributed by atoms with E-state index in [-0.39, 0.29) is 0 Å². The molecule has 0 rings (SSSR count). The number of hydrogen-bond donors (Lipinski definition) is 0. The molecule has 0 radical (unpaired) electrons. The van der Waals surface area contributed by atoms with Crippen molar-refractivity contribution < 1.29 is 4.20 Å². The van der Waals surface area contributed by atoms with Gasteiger partial charge in [-0.2, -0.15) is 0 Å². The van der Waals surface area contributed by atoms with E-state index >= 15 is 0 Å². The van der Waals surface area contributed by atoms with Crippen molar-refractivity contribution in [1.82, 2.24) is 0 Å². The topological polar surface area (TPSA) is 0 Å². The minimum absolute atomic E-state index is 1.62. The molecule has 0 heterocycles. The van der Waals surface area contributed by atoms with E-state index < -0.39 is 7.26 Å². The average Bonchev–Trinajstić information content (AvgIpc) is 0.722. The van der Waals surface area contributed by atoms with Crippen molar-refractivity contribution in [3.05, 3.63) is 0 Å². The third-order valence-corrected chi connectivity index (χ3v) is 0. The molecule has 3 heteroatoms. The molecule has 0 fully saturated rings. The summed E-state index contributed by atoms with van der Waals surface area (Å²) in [5.41, 5.74) is 0. The Balaban J connectivity index is 3.02. The van der Waals surface area contributed by atoms with Crippen molar-refractivity contribution in [2.75, 3.05) is 13.3 Å². The summed E-state index contributed by atoms with van der Waals surface area (Å²) in [7, 11) is -0.00694. The normalized spacial score (nSPS) is 15.2. The van der Waals surface area contributed by atoms with Gasteiger partial charge in [-0.05, 0) is 0 Å². The molecule has 0 aliphatic heterocycles. The Morgan fingerprint density at radius 2 is 1.60 bits per heavy atom. The van der Waals surface area contributed by atoms with E-state index in [4.69, 9.17) is 0 Å². The fourth-order valence-corrected chi connectivity index (χ4v) is 0. The number of rotatable bonds is 0. The van der Waals surface area contributed by atoms with Crippen molar-refractivity contribution in [3.63, 3.8) is 0 Å². The van der Waals surface area contributed by atoms with Crippen molar-refractivity contribution >= 4 is 16.2 Å². The molecule has 0 saturated heterocycles. The van der Waals surface area contributed by atoms with Gasteiger partial charge in [-0.15, -0.1) is 0 Å². The fourth-order valence-electron chi connectivity index (χ4n) is 0. The second kappa shape index (κ2) is 1.49. The summed E-state index contributed by atoms with van der Waals surface area (Å²) in [6.07, 6.45) is 0. The molecule has 0 nitrogen and oxygen atoms in total. The molecule has 0 amide bonds. The fraction of sp³-hybridized carbons (Fsp3) is 1.00. The van der Waals surface area contributed by atoms with E-state index in [2.05, 4.69) is 8.93 Å². The van der Waals surface area contributed by atoms with Gasteiger partial charge in [-0.25, -0.2) is 0 Å². The number of hydrogen-bond acceptors (Lipinski definition) is 0. The summed E-state index contributed by atoms with van der Waals surface area (Å²) in [6.45, 7) is 3.25. The first-order chi connectivity index (χ1) is 2.00. The van der Waals surface area contributed by atoms with Gasteiger partial charge in [0.1, 0.15) is 0 Å². The van der Waals surface area contributed by atoms with Gasteiger partial charge in [-0.1, -0.05) is 0 Å². The molecule has 1 unspecified atom stereocenters. The molecule has 0 spiro atoms. The molecular weight excluding hydrogens is 105 g/mol. The Labute approximate surface area is 34.7 Å². The molecule has 34 valence electrons. The molecule has 1 atom stereocenters. The zero-order valence-electron chi connectivity index (χ0n) is 3.46. The van der Waals surface area contributed by atoms with Gasteiger partial charge < -0.3 is 0 Å². The van der Waals surface area contributed by atoms with E-state index in [1.807, 2.05) is 0 Å². The zero-order chi connectivity index (χ0) is 4.50. The first kappa shape index (κ1) is 5.79. The van der Waals surface area contributed by atoms with E-state index in [0.29, 0.717) is 0 Å². The van der Waals surface area contributed by atoms with E-state index in [1.54, 1.807) is 13.3 Å². The molecule has 0 bridgehead atoms. The molecule has 5 heavy (non-hydrogen) atoms. The van der Waals surface area contributed by atoms with Crippen LogP contribution in [-0.4, -0.2) is 13.3 Å². The predicted molar refractivity (Wildman–Crippen MR) is 31.0 cm³/mol. The van der Waals surface area contributed by atoms with E-state index in [9.17, 15) is 4.20 Å². The maximum atomic E-state index is 11.8. The third-order valence-electron chi connectivity index (χ3n) is 0. The van der Waals surface area contributed by atoms with E-state index in [1.165, 1.54) is 0 Å². The summed E-state index contributed by atoms with van der Waals surface area (Å²) in [5, 5.41) is 0. The van der Waals surface area contributed by atoms with Crippen LogP contribution in [-0.2, 0) is 0 Å². The Morgan fingerprint density at radius 3 is 1.60 bits per heavy atom. The van der Waals surface area contributed by atoms with Crippen LogP contribution in [0.2, 0.25) is 0 Å². The van der Waals surface area contributed by atoms with Crippen molar-refractivity contribution in [2.45, 2.75) is 0 Å². The molecule has 0 aliphatic rings. The van der Waals surface area contributed by atoms with Crippen LogP contribution in [0.3, 0.4) is 0 Å². The maximum absolute atomic E-state index is 11.8. The van der Waals surface area contributed by atoms with E-state index in [0.717, 1.165) is 0 Å². The molecule has 0 aromatic heterocycles. The van der Waals surface area contributed by atoms with Crippen molar-refractivity contribution in [3.8, 4) is 0 Å². The average molecular weight is 114 g/mol. The minimum atomic E-state index is -2.19. The third kappa shape index (κ3) is 59.7. The summed E-state index contributed by atoms with van der Waals surface area (Å²) >= 11 is 0. The molecule has 0 aromatic carbocycles.